The largest absolute Gasteiger partial charge is 0.490 e. The molecule has 2 aromatic carbocycles. The van der Waals surface area contributed by atoms with Crippen molar-refractivity contribution in [2.45, 2.75) is 38.3 Å². The molecule has 0 unspecified atom stereocenters. The summed E-state index contributed by atoms with van der Waals surface area (Å²) in [6.07, 6.45) is -12.2. The Kier molecular flexibility index (Phi) is 10.2. The molecule has 250 valence electrons. The lowest BCUT2D eigenvalue weighted by Gasteiger charge is -2.24. The molecule has 0 saturated heterocycles. The van der Waals surface area contributed by atoms with E-state index >= 15 is 0 Å². The van der Waals surface area contributed by atoms with Crippen molar-refractivity contribution in [3.05, 3.63) is 94.8 Å². The highest BCUT2D eigenvalue weighted by Crippen LogP contribution is 2.37. The smallest absolute Gasteiger partial charge is 0.475 e. The molecular formula is C30H25F9N6O2. The highest BCUT2D eigenvalue weighted by molar-refractivity contribution is 5.73. The van der Waals surface area contributed by atoms with Gasteiger partial charge in [0.1, 0.15) is 11.6 Å². The van der Waals surface area contributed by atoms with Crippen LogP contribution in [0.3, 0.4) is 0 Å². The molecule has 0 bridgehead atoms. The number of hydrogen-bond donors (Lipinski definition) is 3. The molecule has 2 aromatic heterocycles. The number of rotatable bonds is 5. The van der Waals surface area contributed by atoms with Gasteiger partial charge in [-0.1, -0.05) is 18.2 Å². The number of aryl methyl sites for hydroxylation is 1. The van der Waals surface area contributed by atoms with Crippen LogP contribution in [0.4, 0.5) is 68.5 Å². The highest BCUT2D eigenvalue weighted by atomic mass is 19.4. The zero-order chi connectivity index (χ0) is 34.6. The number of halogens is 9. The zero-order valence-electron chi connectivity index (χ0n) is 24.2. The van der Waals surface area contributed by atoms with Crippen molar-refractivity contribution in [2.75, 3.05) is 28.6 Å². The normalized spacial score (nSPS) is 13.5. The van der Waals surface area contributed by atoms with Crippen molar-refractivity contribution in [3.8, 4) is 0 Å². The molecule has 0 radical (unpaired) electrons. The lowest BCUT2D eigenvalue weighted by molar-refractivity contribution is -0.192. The van der Waals surface area contributed by atoms with Gasteiger partial charge in [-0.3, -0.25) is 0 Å². The lowest BCUT2D eigenvalue weighted by Crippen LogP contribution is -2.29. The molecule has 0 amide bonds. The average Bonchev–Trinajstić information content (AvgIpc) is 3.21. The first-order valence-electron chi connectivity index (χ1n) is 13.7. The fourth-order valence-electron chi connectivity index (χ4n) is 4.55. The molecule has 3 heterocycles. The number of nitrogens with zero attached hydrogens (tertiary/aromatic N) is 4. The monoisotopic (exact) mass is 672 g/mol. The number of nitrogens with one attached hydrogen (secondary N) is 2. The van der Waals surface area contributed by atoms with E-state index in [2.05, 4.69) is 25.6 Å². The molecule has 47 heavy (non-hydrogen) atoms. The third kappa shape index (κ3) is 9.01. The summed E-state index contributed by atoms with van der Waals surface area (Å²) in [4.78, 5) is 23.8. The van der Waals surface area contributed by atoms with Crippen LogP contribution in [0.25, 0.3) is 0 Å². The van der Waals surface area contributed by atoms with Gasteiger partial charge in [0.2, 0.25) is 5.95 Å². The first kappa shape index (κ1) is 34.8. The van der Waals surface area contributed by atoms with Crippen molar-refractivity contribution in [1.82, 2.24) is 15.0 Å². The molecule has 17 heteroatoms. The third-order valence-electron chi connectivity index (χ3n) is 6.84. The summed E-state index contributed by atoms with van der Waals surface area (Å²) in [6, 6.07) is 14.3. The van der Waals surface area contributed by atoms with Gasteiger partial charge in [-0.2, -0.15) is 44.5 Å². The van der Waals surface area contributed by atoms with Crippen LogP contribution < -0.4 is 15.5 Å². The first-order valence-corrected chi connectivity index (χ1v) is 13.7. The quantitative estimate of drug-likeness (QED) is 0.184. The summed E-state index contributed by atoms with van der Waals surface area (Å²) in [6.45, 7) is 2.35. The number of aliphatic carboxylic acids is 1. The molecule has 0 spiro atoms. The predicted octanol–water partition coefficient (Wildman–Crippen LogP) is 7.94. The van der Waals surface area contributed by atoms with E-state index in [4.69, 9.17) is 9.90 Å². The van der Waals surface area contributed by atoms with Crippen molar-refractivity contribution in [2.24, 2.45) is 0 Å². The number of anilines is 5. The minimum Gasteiger partial charge on any atom is -0.475 e. The number of carboxylic acids is 1. The fraction of sp³-hybridized carbons (Fsp3) is 0.267. The number of para-hydroxylation sites is 1. The molecule has 3 N–H and O–H groups in total. The van der Waals surface area contributed by atoms with Crippen LogP contribution >= 0.6 is 0 Å². The van der Waals surface area contributed by atoms with Crippen LogP contribution in [0, 0.1) is 6.92 Å². The Morgan fingerprint density at radius 2 is 1.45 bits per heavy atom. The van der Waals surface area contributed by atoms with E-state index in [0.717, 1.165) is 29.4 Å². The second kappa shape index (κ2) is 13.7. The first-order chi connectivity index (χ1) is 21.9. The predicted molar refractivity (Wildman–Crippen MR) is 154 cm³/mol. The molecule has 0 saturated carbocycles. The second-order valence-corrected chi connectivity index (χ2v) is 10.1. The Balaban J connectivity index is 0.000000644. The maximum absolute atomic E-state index is 13.7. The van der Waals surface area contributed by atoms with Crippen molar-refractivity contribution < 1.29 is 49.4 Å². The summed E-state index contributed by atoms with van der Waals surface area (Å²) >= 11 is 0. The summed E-state index contributed by atoms with van der Waals surface area (Å²) in [5.41, 5.74) is 1.77. The average molecular weight is 673 g/mol. The minimum atomic E-state index is -5.08. The van der Waals surface area contributed by atoms with E-state index in [1.165, 1.54) is 24.4 Å². The summed E-state index contributed by atoms with van der Waals surface area (Å²) in [5.74, 6) is -2.30. The van der Waals surface area contributed by atoms with E-state index in [9.17, 15) is 39.5 Å². The number of hydrogen-bond acceptors (Lipinski definition) is 7. The van der Waals surface area contributed by atoms with Gasteiger partial charge in [-0.15, -0.1) is 0 Å². The summed E-state index contributed by atoms with van der Waals surface area (Å²) in [7, 11) is 0. The Morgan fingerprint density at radius 3 is 2.04 bits per heavy atom. The van der Waals surface area contributed by atoms with Gasteiger partial charge in [0.05, 0.1) is 16.8 Å². The van der Waals surface area contributed by atoms with Gasteiger partial charge in [0.15, 0.2) is 0 Å². The standard InChI is InChI=1S/C28H24F6N6.C2HF3O2/c1-17-5-2-3-7-22(17)37-26-38-23-13-16-40(25-21(28(32,33)34)6-4-14-35-25)15-12-20(23)24(39-26)36-19-10-8-18(9-11-19)27(29,30)31;3-2(4,5)1(6)7/h2-11,14H,12-13,15-16H2,1H3,(H2,36,37,38,39);(H,6,7). The number of alkyl halides is 9. The number of pyridine rings is 1. The molecule has 8 nitrogen and oxygen atoms in total. The number of carboxylic acid groups (broad SMARTS) is 1. The van der Waals surface area contributed by atoms with Crippen molar-refractivity contribution >= 4 is 34.9 Å². The molecule has 0 aliphatic carbocycles. The summed E-state index contributed by atoms with van der Waals surface area (Å²) < 4.78 is 112. The molecule has 5 rings (SSSR count). The van der Waals surface area contributed by atoms with Gasteiger partial charge in [-0.25, -0.2) is 14.8 Å². The molecular weight excluding hydrogens is 647 g/mol. The van der Waals surface area contributed by atoms with Crippen molar-refractivity contribution in [3.63, 3.8) is 0 Å². The number of benzene rings is 2. The number of carbonyl (C=O) groups is 1. The minimum absolute atomic E-state index is 0.161. The molecule has 1 aliphatic heterocycles. The van der Waals surface area contributed by atoms with E-state index in [0.29, 0.717) is 29.2 Å². The second-order valence-electron chi connectivity index (χ2n) is 10.1. The molecule has 1 aliphatic rings. The maximum Gasteiger partial charge on any atom is 0.490 e. The Bertz CT molecular complexity index is 1710. The van der Waals surface area contributed by atoms with Gasteiger partial charge in [0, 0.05) is 42.6 Å². The van der Waals surface area contributed by atoms with E-state index in [-0.39, 0.29) is 31.3 Å². The highest BCUT2D eigenvalue weighted by Gasteiger charge is 2.38. The maximum atomic E-state index is 13.7. The molecule has 0 fully saturated rings. The number of fused-ring (bicyclic) bond motifs is 1. The SMILES string of the molecule is Cc1ccccc1Nc1nc2c(c(Nc3ccc(C(F)(F)F)cc3)n1)CCN(c1ncccc1C(F)(F)F)CC2.O=C(O)C(F)(F)F. The fourth-order valence-corrected chi connectivity index (χ4v) is 4.55. The Labute approximate surface area is 261 Å². The van der Waals surface area contributed by atoms with Crippen LogP contribution in [0.2, 0.25) is 0 Å². The van der Waals surface area contributed by atoms with Crippen LogP contribution in [0.5, 0.6) is 0 Å². The van der Waals surface area contributed by atoms with Crippen LogP contribution in [-0.2, 0) is 30.0 Å². The van der Waals surface area contributed by atoms with Crippen LogP contribution in [0.1, 0.15) is 27.9 Å². The zero-order valence-corrected chi connectivity index (χ0v) is 24.2. The van der Waals surface area contributed by atoms with Crippen molar-refractivity contribution in [1.29, 1.82) is 0 Å². The van der Waals surface area contributed by atoms with Gasteiger partial charge in [-0.05, 0) is 61.4 Å². The van der Waals surface area contributed by atoms with Crippen LogP contribution in [-0.4, -0.2) is 45.3 Å². The third-order valence-corrected chi connectivity index (χ3v) is 6.84. The lowest BCUT2D eigenvalue weighted by atomic mass is 10.1. The van der Waals surface area contributed by atoms with Gasteiger partial charge in [0.25, 0.3) is 0 Å². The Hall–Kier alpha value is -5.09. The molecule has 0 atom stereocenters. The van der Waals surface area contributed by atoms with E-state index in [1.807, 2.05) is 31.2 Å². The summed E-state index contributed by atoms with van der Waals surface area (Å²) in [5, 5.41) is 13.4. The molecule has 4 aromatic rings. The van der Waals surface area contributed by atoms with Gasteiger partial charge >= 0.3 is 24.5 Å². The van der Waals surface area contributed by atoms with Crippen LogP contribution in [0.15, 0.2) is 66.9 Å². The van der Waals surface area contributed by atoms with Gasteiger partial charge < -0.3 is 20.6 Å². The van der Waals surface area contributed by atoms with E-state index in [1.54, 1.807) is 4.90 Å². The van der Waals surface area contributed by atoms with E-state index < -0.39 is 35.6 Å². The Morgan fingerprint density at radius 1 is 0.809 bits per heavy atom. The number of aromatic nitrogens is 3. The topological polar surface area (TPSA) is 103 Å².